The van der Waals surface area contributed by atoms with Crippen molar-refractivity contribution in [2.75, 3.05) is 60.5 Å². The monoisotopic (exact) mass is 560 g/mol. The number of ether oxygens (including phenoxy) is 1. The summed E-state index contributed by atoms with van der Waals surface area (Å²) >= 11 is 0. The van der Waals surface area contributed by atoms with E-state index in [1.54, 1.807) is 47.6 Å². The number of amides is 2. The molecule has 3 fully saturated rings. The molecule has 3 aliphatic rings. The average Bonchev–Trinajstić information content (AvgIpc) is 3.72. The molecule has 1 unspecified atom stereocenters. The number of carbonyl (C=O) groups excluding carboxylic acids is 2. The second-order valence-corrected chi connectivity index (χ2v) is 12.1. The van der Waals surface area contributed by atoms with E-state index in [2.05, 4.69) is 17.6 Å². The van der Waals surface area contributed by atoms with Crippen LogP contribution in [0.5, 0.6) is 0 Å². The molecule has 10 heteroatoms. The Kier molecular flexibility index (Phi) is 11.6. The third-order valence-corrected chi connectivity index (χ3v) is 8.03. The van der Waals surface area contributed by atoms with Gasteiger partial charge in [-0.25, -0.2) is 12.9 Å². The summed E-state index contributed by atoms with van der Waals surface area (Å²) in [5, 5.41) is 5.65. The van der Waals surface area contributed by atoms with Crippen LogP contribution in [0.1, 0.15) is 48.0 Å². The van der Waals surface area contributed by atoms with Gasteiger partial charge in [0.1, 0.15) is 16.8 Å². The maximum atomic E-state index is 12.4. The van der Waals surface area contributed by atoms with Gasteiger partial charge < -0.3 is 20.3 Å². The zero-order valence-electron chi connectivity index (χ0n) is 23.4. The highest BCUT2D eigenvalue weighted by Crippen LogP contribution is 2.39. The number of nitrogens with zero attached hydrogens (tertiary/aromatic N) is 2. The third-order valence-electron chi connectivity index (χ3n) is 6.69. The van der Waals surface area contributed by atoms with E-state index in [0.29, 0.717) is 23.5 Å². The van der Waals surface area contributed by atoms with Crippen LogP contribution in [0.2, 0.25) is 0 Å². The smallest absolute Gasteiger partial charge is 0.251 e. The summed E-state index contributed by atoms with van der Waals surface area (Å²) in [4.78, 5) is 26.5. The van der Waals surface area contributed by atoms with Crippen molar-refractivity contribution in [2.24, 2.45) is 5.41 Å². The maximum Gasteiger partial charge on any atom is 0.251 e. The van der Waals surface area contributed by atoms with Crippen molar-refractivity contribution < 1.29 is 22.9 Å². The summed E-state index contributed by atoms with van der Waals surface area (Å²) in [5.41, 5.74) is 1.91. The van der Waals surface area contributed by atoms with E-state index < -0.39 is 11.0 Å². The summed E-state index contributed by atoms with van der Waals surface area (Å²) in [6.45, 7) is 6.16. The van der Waals surface area contributed by atoms with Crippen LogP contribution in [-0.4, -0.2) is 85.8 Å². The lowest BCUT2D eigenvalue weighted by atomic mass is 9.78. The minimum atomic E-state index is -1.24. The fourth-order valence-corrected chi connectivity index (χ4v) is 5.01. The Balaban J connectivity index is 0.000000229. The Hall–Kier alpha value is -2.66. The van der Waals surface area contributed by atoms with Crippen molar-refractivity contribution in [3.05, 3.63) is 65.5 Å². The molecule has 1 aliphatic carbocycles. The van der Waals surface area contributed by atoms with Gasteiger partial charge in [-0.3, -0.25) is 9.59 Å². The predicted octanol–water partition coefficient (Wildman–Crippen LogP) is 3.18. The van der Waals surface area contributed by atoms with Crippen molar-refractivity contribution in [3.8, 4) is 0 Å². The second-order valence-electron chi connectivity index (χ2n) is 10.4. The van der Waals surface area contributed by atoms with Crippen LogP contribution in [0.3, 0.4) is 0 Å². The Labute approximate surface area is 233 Å². The number of benzene rings is 2. The van der Waals surface area contributed by atoms with Crippen LogP contribution in [-0.2, 0) is 20.5 Å². The van der Waals surface area contributed by atoms with Crippen molar-refractivity contribution >= 4 is 22.8 Å². The molecule has 0 bridgehead atoms. The van der Waals surface area contributed by atoms with Crippen LogP contribution < -0.4 is 10.6 Å². The number of likely N-dealkylation sites (tertiary alicyclic amines) is 1. The van der Waals surface area contributed by atoms with E-state index >= 15 is 0 Å². The summed E-state index contributed by atoms with van der Waals surface area (Å²) in [6.07, 6.45) is 3.80. The third kappa shape index (κ3) is 9.20. The molecular formula is C29H41FN4O4S. The molecule has 2 amide bonds. The number of hydrogen-bond acceptors (Lipinski definition) is 5. The van der Waals surface area contributed by atoms with Gasteiger partial charge in [0.25, 0.3) is 5.91 Å². The van der Waals surface area contributed by atoms with E-state index in [9.17, 15) is 18.2 Å². The van der Waals surface area contributed by atoms with Gasteiger partial charge in [0.2, 0.25) is 5.91 Å². The molecule has 0 aromatic heterocycles. The van der Waals surface area contributed by atoms with E-state index in [4.69, 9.17) is 4.74 Å². The van der Waals surface area contributed by atoms with Gasteiger partial charge in [-0.2, -0.15) is 0 Å². The zero-order valence-corrected chi connectivity index (χ0v) is 24.2. The first kappa shape index (κ1) is 30.9. The molecule has 2 aromatic carbocycles. The van der Waals surface area contributed by atoms with E-state index in [1.165, 1.54) is 37.0 Å². The van der Waals surface area contributed by atoms with Gasteiger partial charge in [-0.15, -0.1) is 0 Å². The Morgan fingerprint density at radius 2 is 1.69 bits per heavy atom. The molecule has 214 valence electrons. The van der Waals surface area contributed by atoms with Crippen molar-refractivity contribution in [1.29, 1.82) is 0 Å². The largest absolute Gasteiger partial charge is 0.380 e. The first-order chi connectivity index (χ1) is 18.7. The standard InChI is InChI=1S/C16H21N3O4S.C9H9F.C4H11N/c1-18(2)24(22)13-5-3-12(4-6-13)15(21)17-7-14(20)19-8-16(9-19)10-23-11-16;10-9-5-3-8(4-6-9)7-1-2-7;1-3-4-5-2/h3-6H,7-11H2,1-2H3,(H,17,21);3-7H,1-2H2;5H,3-4H2,1-2H3. The molecule has 2 aromatic rings. The van der Waals surface area contributed by atoms with Gasteiger partial charge in [-0.05, 0) is 94.8 Å². The van der Waals surface area contributed by atoms with Crippen LogP contribution in [0, 0.1) is 11.2 Å². The molecule has 2 aliphatic heterocycles. The van der Waals surface area contributed by atoms with Gasteiger partial charge >= 0.3 is 0 Å². The van der Waals surface area contributed by atoms with Crippen LogP contribution >= 0.6 is 0 Å². The van der Waals surface area contributed by atoms with Gasteiger partial charge in [0.15, 0.2) is 0 Å². The molecule has 0 radical (unpaired) electrons. The number of carbonyl (C=O) groups is 2. The van der Waals surface area contributed by atoms with Gasteiger partial charge in [-0.1, -0.05) is 19.1 Å². The van der Waals surface area contributed by atoms with Crippen LogP contribution in [0.15, 0.2) is 53.4 Å². The SMILES string of the molecule is CCCNC.CN(C)S(=O)c1ccc(C(=O)NCC(=O)N2CC3(COC3)C2)cc1.Fc1ccc(C2CC2)cc1. The maximum absolute atomic E-state index is 12.4. The van der Waals surface area contributed by atoms with Crippen molar-refractivity contribution in [2.45, 2.75) is 37.0 Å². The highest BCUT2D eigenvalue weighted by Gasteiger charge is 2.50. The van der Waals surface area contributed by atoms with Crippen LogP contribution in [0.25, 0.3) is 0 Å². The molecule has 2 heterocycles. The summed E-state index contributed by atoms with van der Waals surface area (Å²) in [5.74, 6) is 0.212. The quantitative estimate of drug-likeness (QED) is 0.518. The molecule has 1 atom stereocenters. The molecule has 2 N–H and O–H groups in total. The molecule has 5 rings (SSSR count). The summed E-state index contributed by atoms with van der Waals surface area (Å²) in [6, 6.07) is 13.4. The molecule has 39 heavy (non-hydrogen) atoms. The highest BCUT2D eigenvalue weighted by molar-refractivity contribution is 7.82. The molecule has 1 saturated carbocycles. The number of hydrogen-bond donors (Lipinski definition) is 2. The predicted molar refractivity (Wildman–Crippen MR) is 151 cm³/mol. The topological polar surface area (TPSA) is 91.0 Å². The minimum absolute atomic E-state index is 0.0127. The van der Waals surface area contributed by atoms with Crippen molar-refractivity contribution in [3.63, 3.8) is 0 Å². The van der Waals surface area contributed by atoms with Gasteiger partial charge in [0, 0.05) is 18.7 Å². The fraction of sp³-hybridized carbons (Fsp3) is 0.517. The summed E-state index contributed by atoms with van der Waals surface area (Å²) < 4.78 is 31.0. The Morgan fingerprint density at radius 3 is 2.13 bits per heavy atom. The van der Waals surface area contributed by atoms with E-state index in [0.717, 1.165) is 25.7 Å². The Bertz CT molecular complexity index is 1090. The highest BCUT2D eigenvalue weighted by atomic mass is 32.2. The van der Waals surface area contributed by atoms with Crippen LogP contribution in [0.4, 0.5) is 4.39 Å². The van der Waals surface area contributed by atoms with E-state index in [-0.39, 0.29) is 29.6 Å². The fourth-order valence-electron chi connectivity index (χ4n) is 4.22. The first-order valence-electron chi connectivity index (χ1n) is 13.4. The number of halogens is 1. The minimum Gasteiger partial charge on any atom is -0.380 e. The second kappa shape index (κ2) is 14.6. The molecule has 2 saturated heterocycles. The van der Waals surface area contributed by atoms with Gasteiger partial charge in [0.05, 0.1) is 30.1 Å². The number of rotatable bonds is 8. The molecular weight excluding hydrogens is 519 g/mol. The lowest BCUT2D eigenvalue weighted by Crippen LogP contribution is -2.68. The summed E-state index contributed by atoms with van der Waals surface area (Å²) in [7, 11) is 4.16. The van der Waals surface area contributed by atoms with E-state index in [1.807, 2.05) is 19.2 Å². The molecule has 8 nitrogen and oxygen atoms in total. The molecule has 1 spiro atoms. The average molecular weight is 561 g/mol. The zero-order chi connectivity index (χ0) is 28.4. The number of nitrogens with one attached hydrogen (secondary N) is 2. The normalized spacial score (nSPS) is 17.5. The lowest BCUT2D eigenvalue weighted by molar-refractivity contribution is -0.194. The first-order valence-corrected chi connectivity index (χ1v) is 14.5. The Morgan fingerprint density at radius 1 is 1.08 bits per heavy atom. The lowest BCUT2D eigenvalue weighted by Gasteiger charge is -2.54. The van der Waals surface area contributed by atoms with Crippen molar-refractivity contribution in [1.82, 2.24) is 19.8 Å².